The summed E-state index contributed by atoms with van der Waals surface area (Å²) in [4.78, 5) is 16.2. The molecule has 3 N–H and O–H groups in total. The average Bonchev–Trinajstić information content (AvgIpc) is 2.99. The van der Waals surface area contributed by atoms with Gasteiger partial charge in [0, 0.05) is 13.1 Å². The molecule has 1 aliphatic heterocycles. The summed E-state index contributed by atoms with van der Waals surface area (Å²) in [6, 6.07) is 5.55. The monoisotopic (exact) mass is 329 g/mol. The molecular weight excluding hydrogens is 306 g/mol. The lowest BCUT2D eigenvalue weighted by Gasteiger charge is -2.23. The van der Waals surface area contributed by atoms with Crippen molar-refractivity contribution in [3.63, 3.8) is 0 Å². The molecule has 7 nitrogen and oxygen atoms in total. The van der Waals surface area contributed by atoms with Crippen LogP contribution in [0.25, 0.3) is 5.69 Å². The molecule has 0 unspecified atom stereocenters. The number of nitrogens with one attached hydrogen (secondary N) is 1. The number of rotatable bonds is 5. The van der Waals surface area contributed by atoms with Crippen molar-refractivity contribution in [3.8, 4) is 5.69 Å². The maximum atomic E-state index is 11.7. The summed E-state index contributed by atoms with van der Waals surface area (Å²) in [5, 5.41) is 7.80. The number of primary amides is 1. The second kappa shape index (κ2) is 7.11. The smallest absolute Gasteiger partial charge is 0.267 e. The maximum Gasteiger partial charge on any atom is 0.267 e. The molecule has 0 aliphatic carbocycles. The van der Waals surface area contributed by atoms with Gasteiger partial charge in [0.05, 0.1) is 29.9 Å². The van der Waals surface area contributed by atoms with Gasteiger partial charge >= 0.3 is 0 Å². The molecular formula is C17H23N5O2. The van der Waals surface area contributed by atoms with Crippen molar-refractivity contribution in [2.24, 2.45) is 11.7 Å². The number of aromatic nitrogens is 3. The van der Waals surface area contributed by atoms with Crippen LogP contribution in [0.1, 0.15) is 41.8 Å². The second-order valence-corrected chi connectivity index (χ2v) is 6.40. The topological polar surface area (TPSA) is 95.1 Å². The van der Waals surface area contributed by atoms with Crippen LogP contribution in [-0.2, 0) is 11.2 Å². The van der Waals surface area contributed by atoms with E-state index in [2.05, 4.69) is 29.2 Å². The highest BCUT2D eigenvalue weighted by molar-refractivity contribution is 5.91. The van der Waals surface area contributed by atoms with E-state index in [9.17, 15) is 4.79 Å². The van der Waals surface area contributed by atoms with E-state index in [1.165, 1.54) is 0 Å². The van der Waals surface area contributed by atoms with Gasteiger partial charge in [-0.15, -0.1) is 0 Å². The van der Waals surface area contributed by atoms with Crippen LogP contribution in [0, 0.1) is 5.92 Å². The van der Waals surface area contributed by atoms with E-state index in [0.717, 1.165) is 30.9 Å². The molecule has 0 aromatic carbocycles. The van der Waals surface area contributed by atoms with Crippen molar-refractivity contribution in [2.45, 2.75) is 26.4 Å². The molecule has 0 radical (unpaired) electrons. The van der Waals surface area contributed by atoms with E-state index in [0.29, 0.717) is 23.9 Å². The Labute approximate surface area is 141 Å². The summed E-state index contributed by atoms with van der Waals surface area (Å²) >= 11 is 0. The van der Waals surface area contributed by atoms with Gasteiger partial charge in [-0.3, -0.25) is 9.78 Å². The molecule has 1 saturated heterocycles. The fourth-order valence-corrected chi connectivity index (χ4v) is 2.79. The Morgan fingerprint density at radius 2 is 2.33 bits per heavy atom. The number of hydrogen-bond donors (Lipinski definition) is 2. The molecule has 7 heteroatoms. The Bertz CT molecular complexity index is 702. The SMILES string of the molecule is CC(C)Cc1cc(C(N)=O)n(-c2ccc([C@@H]3CNCCO3)nc2)n1. The average molecular weight is 329 g/mol. The van der Waals surface area contributed by atoms with Crippen molar-refractivity contribution >= 4 is 5.91 Å². The number of carbonyl (C=O) groups is 1. The number of pyridine rings is 1. The molecule has 1 aliphatic rings. The number of ether oxygens (including phenoxy) is 1. The van der Waals surface area contributed by atoms with Gasteiger partial charge in [0.1, 0.15) is 11.8 Å². The molecule has 0 spiro atoms. The van der Waals surface area contributed by atoms with E-state index in [1.807, 2.05) is 12.1 Å². The van der Waals surface area contributed by atoms with E-state index in [1.54, 1.807) is 16.9 Å². The standard InChI is InChI=1S/C17H23N5O2/c1-11(2)7-12-8-15(17(18)23)22(21-12)13-3-4-14(20-9-13)16-10-19-5-6-24-16/h3-4,8-9,11,16,19H,5-7,10H2,1-2H3,(H2,18,23)/t16-/m0/s1. The van der Waals surface area contributed by atoms with Crippen molar-refractivity contribution < 1.29 is 9.53 Å². The molecule has 24 heavy (non-hydrogen) atoms. The van der Waals surface area contributed by atoms with Crippen LogP contribution in [0.2, 0.25) is 0 Å². The van der Waals surface area contributed by atoms with Crippen molar-refractivity contribution in [2.75, 3.05) is 19.7 Å². The second-order valence-electron chi connectivity index (χ2n) is 6.40. The first-order valence-corrected chi connectivity index (χ1v) is 8.22. The summed E-state index contributed by atoms with van der Waals surface area (Å²) in [6.45, 7) is 6.51. The highest BCUT2D eigenvalue weighted by Crippen LogP contribution is 2.19. The predicted molar refractivity (Wildman–Crippen MR) is 90.0 cm³/mol. The van der Waals surface area contributed by atoms with Gasteiger partial charge in [0.2, 0.25) is 0 Å². The maximum absolute atomic E-state index is 11.7. The highest BCUT2D eigenvalue weighted by atomic mass is 16.5. The van der Waals surface area contributed by atoms with Crippen molar-refractivity contribution in [3.05, 3.63) is 41.5 Å². The fraction of sp³-hybridized carbons (Fsp3) is 0.471. The Morgan fingerprint density at radius 3 is 2.92 bits per heavy atom. The molecule has 0 saturated carbocycles. The predicted octanol–water partition coefficient (Wildman–Crippen LogP) is 1.23. The third-order valence-electron chi connectivity index (χ3n) is 3.90. The lowest BCUT2D eigenvalue weighted by atomic mass is 10.1. The lowest BCUT2D eigenvalue weighted by molar-refractivity contribution is 0.0250. The molecule has 2 aromatic rings. The van der Waals surface area contributed by atoms with Crippen LogP contribution in [0.15, 0.2) is 24.4 Å². The van der Waals surface area contributed by atoms with Crippen LogP contribution >= 0.6 is 0 Å². The van der Waals surface area contributed by atoms with Crippen molar-refractivity contribution in [1.82, 2.24) is 20.1 Å². The van der Waals surface area contributed by atoms with Gasteiger partial charge in [0.25, 0.3) is 5.91 Å². The van der Waals surface area contributed by atoms with Crippen LogP contribution in [-0.4, -0.2) is 40.4 Å². The zero-order chi connectivity index (χ0) is 17.1. The lowest BCUT2D eigenvalue weighted by Crippen LogP contribution is -2.33. The zero-order valence-electron chi connectivity index (χ0n) is 14.0. The van der Waals surface area contributed by atoms with Crippen molar-refractivity contribution in [1.29, 1.82) is 0 Å². The molecule has 0 bridgehead atoms. The Kier molecular flexibility index (Phi) is 4.92. The molecule has 3 heterocycles. The molecule has 1 fully saturated rings. The van der Waals surface area contributed by atoms with Gasteiger partial charge in [-0.25, -0.2) is 4.68 Å². The van der Waals surface area contributed by atoms with Crippen LogP contribution in [0.5, 0.6) is 0 Å². The first-order valence-electron chi connectivity index (χ1n) is 8.22. The molecule has 1 atom stereocenters. The quantitative estimate of drug-likeness (QED) is 0.860. The molecule has 2 aromatic heterocycles. The number of hydrogen-bond acceptors (Lipinski definition) is 5. The number of amides is 1. The van der Waals surface area contributed by atoms with Crippen LogP contribution < -0.4 is 11.1 Å². The van der Waals surface area contributed by atoms with E-state index < -0.39 is 5.91 Å². The number of nitrogens with zero attached hydrogens (tertiary/aromatic N) is 3. The van der Waals surface area contributed by atoms with Gasteiger partial charge < -0.3 is 15.8 Å². The first kappa shape index (κ1) is 16.6. The molecule has 128 valence electrons. The zero-order valence-corrected chi connectivity index (χ0v) is 14.0. The summed E-state index contributed by atoms with van der Waals surface area (Å²) in [5.74, 6) is -0.0491. The normalized spacial score (nSPS) is 18.0. The number of nitrogens with two attached hydrogens (primary N) is 1. The molecule has 3 rings (SSSR count). The highest BCUT2D eigenvalue weighted by Gasteiger charge is 2.18. The van der Waals surface area contributed by atoms with Gasteiger partial charge in [-0.1, -0.05) is 13.8 Å². The Hall–Kier alpha value is -2.25. The fourth-order valence-electron chi connectivity index (χ4n) is 2.79. The summed E-state index contributed by atoms with van der Waals surface area (Å²) in [5.41, 5.74) is 8.29. The Morgan fingerprint density at radius 1 is 1.50 bits per heavy atom. The third-order valence-corrected chi connectivity index (χ3v) is 3.90. The number of carbonyl (C=O) groups excluding carboxylic acids is 1. The minimum atomic E-state index is -0.499. The summed E-state index contributed by atoms with van der Waals surface area (Å²) < 4.78 is 7.26. The largest absolute Gasteiger partial charge is 0.369 e. The first-order chi connectivity index (χ1) is 11.5. The van der Waals surface area contributed by atoms with E-state index in [4.69, 9.17) is 10.5 Å². The van der Waals surface area contributed by atoms with Gasteiger partial charge in [-0.05, 0) is 30.5 Å². The van der Waals surface area contributed by atoms with E-state index in [-0.39, 0.29) is 6.10 Å². The molecule has 1 amide bonds. The van der Waals surface area contributed by atoms with Crippen LogP contribution in [0.3, 0.4) is 0 Å². The number of morpholine rings is 1. The third kappa shape index (κ3) is 3.63. The minimum absolute atomic E-state index is 0.0439. The van der Waals surface area contributed by atoms with Crippen LogP contribution in [0.4, 0.5) is 0 Å². The van der Waals surface area contributed by atoms with Gasteiger partial charge in [-0.2, -0.15) is 5.10 Å². The van der Waals surface area contributed by atoms with E-state index >= 15 is 0 Å². The minimum Gasteiger partial charge on any atom is -0.369 e. The summed E-state index contributed by atoms with van der Waals surface area (Å²) in [7, 11) is 0. The summed E-state index contributed by atoms with van der Waals surface area (Å²) in [6.07, 6.45) is 2.45. The van der Waals surface area contributed by atoms with Gasteiger partial charge in [0.15, 0.2) is 0 Å². The Balaban J connectivity index is 1.87.